The average molecular weight is 435 g/mol. The molecule has 2 aromatic rings. The first-order valence-corrected chi connectivity index (χ1v) is 11.7. The molecule has 8 nitrogen and oxygen atoms in total. The minimum atomic E-state index is -3.46. The third kappa shape index (κ3) is 3.79. The summed E-state index contributed by atoms with van der Waals surface area (Å²) in [5.41, 5.74) is -0.213. The van der Waals surface area contributed by atoms with E-state index in [9.17, 15) is 18.3 Å². The minimum Gasteiger partial charge on any atom is -0.493 e. The van der Waals surface area contributed by atoms with Crippen molar-refractivity contribution in [3.8, 4) is 22.6 Å². The lowest BCUT2D eigenvalue weighted by Gasteiger charge is -2.38. The number of hydrogen-bond acceptors (Lipinski definition) is 7. The Morgan fingerprint density at radius 1 is 1.30 bits per heavy atom. The molecule has 0 bridgehead atoms. The Kier molecular flexibility index (Phi) is 4.85. The normalized spacial score (nSPS) is 20.1. The Morgan fingerprint density at radius 2 is 2.00 bits per heavy atom. The molecular weight excluding hydrogens is 408 g/mol. The fourth-order valence-corrected chi connectivity index (χ4v) is 3.99. The van der Waals surface area contributed by atoms with Gasteiger partial charge in [0.05, 0.1) is 11.5 Å². The van der Waals surface area contributed by atoms with E-state index in [4.69, 9.17) is 9.47 Å². The smallest absolute Gasteiger partial charge is 0.277 e. The molecule has 1 aliphatic carbocycles. The van der Waals surface area contributed by atoms with Crippen LogP contribution >= 0.6 is 0 Å². The van der Waals surface area contributed by atoms with Gasteiger partial charge in [-0.25, -0.2) is 8.42 Å². The van der Waals surface area contributed by atoms with E-state index in [-0.39, 0.29) is 21.9 Å². The highest BCUT2D eigenvalue weighted by Gasteiger charge is 2.39. The molecule has 162 valence electrons. The van der Waals surface area contributed by atoms with E-state index in [1.165, 1.54) is 10.6 Å². The van der Waals surface area contributed by atoms with E-state index in [0.717, 1.165) is 19.1 Å². The van der Waals surface area contributed by atoms with Crippen LogP contribution in [0.1, 0.15) is 26.7 Å². The van der Waals surface area contributed by atoms with Crippen LogP contribution in [0.3, 0.4) is 0 Å². The average Bonchev–Trinajstić information content (AvgIpc) is 3.48. The van der Waals surface area contributed by atoms with Crippen molar-refractivity contribution >= 4 is 15.5 Å². The summed E-state index contributed by atoms with van der Waals surface area (Å²) in [6.45, 7) is 3.95. The Bertz CT molecular complexity index is 1160. The molecule has 0 amide bonds. The molecule has 0 spiro atoms. The zero-order valence-corrected chi connectivity index (χ0v) is 18.2. The summed E-state index contributed by atoms with van der Waals surface area (Å²) in [6, 6.07) is 4.70. The zero-order chi connectivity index (χ0) is 21.8. The first-order valence-electron chi connectivity index (χ1n) is 9.82. The minimum absolute atomic E-state index is 0.125. The summed E-state index contributed by atoms with van der Waals surface area (Å²) in [7, 11) is -1.87. The molecule has 2 aliphatic rings. The second kappa shape index (κ2) is 7.02. The number of aliphatic hydroxyl groups excluding tert-OH is 1. The number of pyridine rings is 1. The number of benzene rings is 1. The molecule has 1 saturated carbocycles. The van der Waals surface area contributed by atoms with E-state index in [1.807, 2.05) is 0 Å². The number of nitrogens with zero attached hydrogens (tertiary/aromatic N) is 1. The monoisotopic (exact) mass is 434 g/mol. The number of aromatic nitrogens is 1. The van der Waals surface area contributed by atoms with E-state index < -0.39 is 21.7 Å². The summed E-state index contributed by atoms with van der Waals surface area (Å²) in [5.74, 6) is 1.28. The number of sulfone groups is 1. The molecule has 1 unspecified atom stereocenters. The van der Waals surface area contributed by atoms with E-state index in [0.29, 0.717) is 29.4 Å². The Labute approximate surface area is 175 Å². The first-order chi connectivity index (χ1) is 14.0. The Balaban J connectivity index is 1.93. The molecule has 0 radical (unpaired) electrons. The summed E-state index contributed by atoms with van der Waals surface area (Å²) in [4.78, 5) is 12.8. The molecule has 0 saturated heterocycles. The molecule has 2 heterocycles. The van der Waals surface area contributed by atoms with Gasteiger partial charge in [0.2, 0.25) is 0 Å². The van der Waals surface area contributed by atoms with Crippen LogP contribution in [-0.4, -0.2) is 42.8 Å². The predicted molar refractivity (Wildman–Crippen MR) is 113 cm³/mol. The molecule has 2 N–H and O–H groups in total. The molecule has 9 heteroatoms. The summed E-state index contributed by atoms with van der Waals surface area (Å²) in [5, 5.41) is 13.2. The van der Waals surface area contributed by atoms with Gasteiger partial charge in [-0.2, -0.15) is 0 Å². The first kappa shape index (κ1) is 20.7. The third-order valence-corrected chi connectivity index (χ3v) is 6.58. The number of anilines is 1. The van der Waals surface area contributed by atoms with E-state index >= 15 is 0 Å². The van der Waals surface area contributed by atoms with Crippen molar-refractivity contribution in [3.63, 3.8) is 0 Å². The van der Waals surface area contributed by atoms with Crippen molar-refractivity contribution in [1.82, 2.24) is 4.57 Å². The van der Waals surface area contributed by atoms with Crippen LogP contribution in [0.25, 0.3) is 11.1 Å². The standard InChI is InChI=1S/C21H26N2O6S/c1-21(2)20(25)22-17-18(29-21)15(10-23(3)19(17)24)14-9-13(30(4,26)27)7-8-16(14)28-11-12-5-6-12/h7-10,12,20,22,25H,5-6,11H2,1-4H3. The molecule has 1 atom stereocenters. The fraction of sp³-hybridized carbons (Fsp3) is 0.476. The highest BCUT2D eigenvalue weighted by Crippen LogP contribution is 2.44. The van der Waals surface area contributed by atoms with Gasteiger partial charge in [-0.15, -0.1) is 0 Å². The van der Waals surface area contributed by atoms with Gasteiger partial charge >= 0.3 is 0 Å². The number of ether oxygens (including phenoxy) is 2. The zero-order valence-electron chi connectivity index (χ0n) is 17.4. The number of rotatable bonds is 5. The second-order valence-corrected chi connectivity index (χ2v) is 10.6. The van der Waals surface area contributed by atoms with Crippen LogP contribution in [0.4, 0.5) is 5.69 Å². The number of fused-ring (bicyclic) bond motifs is 1. The van der Waals surface area contributed by atoms with Gasteiger partial charge in [0.25, 0.3) is 5.56 Å². The van der Waals surface area contributed by atoms with E-state index in [2.05, 4.69) is 5.32 Å². The molecule has 30 heavy (non-hydrogen) atoms. The summed E-state index contributed by atoms with van der Waals surface area (Å²) >= 11 is 0. The van der Waals surface area contributed by atoms with Crippen LogP contribution in [0, 0.1) is 5.92 Å². The Hall–Kier alpha value is -2.52. The SMILES string of the molecule is Cn1cc(-c2cc(S(C)(=O)=O)ccc2OCC2CC2)c2c(c1=O)NC(O)C(C)(C)O2. The number of aryl methyl sites for hydroxylation is 1. The van der Waals surface area contributed by atoms with Crippen LogP contribution in [-0.2, 0) is 16.9 Å². The maximum Gasteiger partial charge on any atom is 0.277 e. The van der Waals surface area contributed by atoms with Gasteiger partial charge in [0, 0.05) is 30.6 Å². The van der Waals surface area contributed by atoms with Gasteiger partial charge in [-0.05, 0) is 50.8 Å². The van der Waals surface area contributed by atoms with Crippen LogP contribution in [0.15, 0.2) is 34.1 Å². The van der Waals surface area contributed by atoms with Gasteiger partial charge in [0.15, 0.2) is 21.8 Å². The maximum atomic E-state index is 12.7. The van der Waals surface area contributed by atoms with Crippen LogP contribution in [0.2, 0.25) is 0 Å². The van der Waals surface area contributed by atoms with Crippen molar-refractivity contribution in [2.45, 2.75) is 43.4 Å². The largest absolute Gasteiger partial charge is 0.493 e. The third-order valence-electron chi connectivity index (χ3n) is 5.47. The summed E-state index contributed by atoms with van der Waals surface area (Å²) < 4.78 is 37.8. The number of nitrogens with one attached hydrogen (secondary N) is 1. The molecule has 4 rings (SSSR count). The lowest BCUT2D eigenvalue weighted by Crippen LogP contribution is -2.51. The van der Waals surface area contributed by atoms with Crippen molar-refractivity contribution in [1.29, 1.82) is 0 Å². The summed E-state index contributed by atoms with van der Waals surface area (Å²) in [6.07, 6.45) is 3.89. The highest BCUT2D eigenvalue weighted by atomic mass is 32.2. The van der Waals surface area contributed by atoms with Gasteiger partial charge in [-0.3, -0.25) is 4.79 Å². The fourth-order valence-electron chi connectivity index (χ4n) is 3.34. The van der Waals surface area contributed by atoms with Gasteiger partial charge in [-0.1, -0.05) is 0 Å². The highest BCUT2D eigenvalue weighted by molar-refractivity contribution is 7.90. The van der Waals surface area contributed by atoms with Crippen molar-refractivity contribution in [2.75, 3.05) is 18.2 Å². The van der Waals surface area contributed by atoms with Crippen molar-refractivity contribution in [3.05, 3.63) is 34.7 Å². The molecular formula is C21H26N2O6S. The van der Waals surface area contributed by atoms with Crippen LogP contribution < -0.4 is 20.3 Å². The quantitative estimate of drug-likeness (QED) is 0.742. The lowest BCUT2D eigenvalue weighted by molar-refractivity contribution is -0.0209. The van der Waals surface area contributed by atoms with Crippen molar-refractivity contribution in [2.24, 2.45) is 13.0 Å². The molecule has 1 aliphatic heterocycles. The van der Waals surface area contributed by atoms with Crippen LogP contribution in [0.5, 0.6) is 11.5 Å². The Morgan fingerprint density at radius 3 is 2.63 bits per heavy atom. The molecule has 1 fully saturated rings. The molecule has 1 aromatic carbocycles. The second-order valence-electron chi connectivity index (χ2n) is 8.60. The molecule has 1 aromatic heterocycles. The van der Waals surface area contributed by atoms with E-state index in [1.54, 1.807) is 39.2 Å². The number of aliphatic hydroxyl groups is 1. The topological polar surface area (TPSA) is 107 Å². The number of hydrogen-bond donors (Lipinski definition) is 2. The predicted octanol–water partition coefficient (Wildman–Crippen LogP) is 2.15. The van der Waals surface area contributed by atoms with Gasteiger partial charge < -0.3 is 24.5 Å². The lowest BCUT2D eigenvalue weighted by atomic mass is 10.00. The van der Waals surface area contributed by atoms with Crippen molar-refractivity contribution < 1.29 is 23.0 Å². The maximum absolute atomic E-state index is 12.7. The van der Waals surface area contributed by atoms with Gasteiger partial charge in [0.1, 0.15) is 17.0 Å².